The molecule has 3 aromatic heterocycles. The maximum Gasteiger partial charge on any atom is 0.256 e. The lowest BCUT2D eigenvalue weighted by molar-refractivity contribution is 0.100. The Bertz CT molecular complexity index is 1460. The number of carbonyl (C=O) groups is 1. The van der Waals surface area contributed by atoms with E-state index in [4.69, 9.17) is 17.9 Å². The molecule has 0 aliphatic heterocycles. The Morgan fingerprint density at radius 3 is 2.59 bits per heavy atom. The van der Waals surface area contributed by atoms with Crippen molar-refractivity contribution < 1.29 is 4.79 Å². The summed E-state index contributed by atoms with van der Waals surface area (Å²) in [4.78, 5) is 14.9. The van der Waals surface area contributed by atoms with Crippen molar-refractivity contribution in [3.8, 4) is 18.0 Å². The number of anilines is 1. The minimum Gasteiger partial charge on any atom is -0.381 e. The number of rotatable bonds is 3. The van der Waals surface area contributed by atoms with Crippen LogP contribution in [0.1, 0.15) is 28.5 Å². The number of nitrogen functional groups attached to an aromatic ring is 1. The van der Waals surface area contributed by atoms with Crippen molar-refractivity contribution in [2.45, 2.75) is 13.3 Å². The summed E-state index contributed by atoms with van der Waals surface area (Å²) in [6.07, 6.45) is 9.82. The van der Waals surface area contributed by atoms with Crippen molar-refractivity contribution in [2.75, 3.05) is 5.73 Å². The van der Waals surface area contributed by atoms with Gasteiger partial charge in [0.1, 0.15) is 5.56 Å². The van der Waals surface area contributed by atoms with Gasteiger partial charge in [-0.15, -0.1) is 11.5 Å². The average Bonchev–Trinajstić information content (AvgIpc) is 3.36. The molecule has 1 amide bonds. The number of nitrogens with two attached hydrogens (primary N) is 2. The number of para-hydroxylation sites is 2. The molecule has 4 N–H and O–H groups in total. The summed E-state index contributed by atoms with van der Waals surface area (Å²) in [6, 6.07) is 20.4. The van der Waals surface area contributed by atoms with E-state index in [1.807, 2.05) is 18.2 Å². The summed E-state index contributed by atoms with van der Waals surface area (Å²) in [5.41, 5.74) is 15.7. The topological polar surface area (TPSA) is 104 Å². The smallest absolute Gasteiger partial charge is 0.256 e. The van der Waals surface area contributed by atoms with Crippen LogP contribution in [-0.2, 0) is 6.42 Å². The van der Waals surface area contributed by atoms with E-state index in [9.17, 15) is 4.79 Å². The third-order valence-corrected chi connectivity index (χ3v) is 5.10. The van der Waals surface area contributed by atoms with E-state index in [2.05, 4.69) is 63.9 Å². The van der Waals surface area contributed by atoms with E-state index in [0.29, 0.717) is 5.65 Å². The highest BCUT2D eigenvalue weighted by Crippen LogP contribution is 2.27. The molecule has 0 aliphatic carbocycles. The number of primary amides is 1. The second-order valence-electron chi connectivity index (χ2n) is 7.06. The highest BCUT2D eigenvalue weighted by molar-refractivity contribution is 6.03. The van der Waals surface area contributed by atoms with Crippen molar-refractivity contribution in [1.29, 1.82) is 0 Å². The maximum absolute atomic E-state index is 10.9. The summed E-state index contributed by atoms with van der Waals surface area (Å²) in [6.45, 7) is 2.17. The van der Waals surface area contributed by atoms with Crippen LogP contribution < -0.4 is 11.5 Å². The monoisotopic (exact) mass is 422 g/mol. The molecule has 0 atom stereocenters. The lowest BCUT2D eigenvalue weighted by atomic mass is 10.1. The molecule has 0 saturated heterocycles. The summed E-state index contributed by atoms with van der Waals surface area (Å²) in [5, 5.41) is 5.07. The SMILES string of the molecule is C#Cc1cccc2cc(CC)n(-c3ccccc3)c12.NC(=O)c1c(N)nn2cccnc12. The maximum atomic E-state index is 10.9. The molecular weight excluding hydrogens is 400 g/mol. The van der Waals surface area contributed by atoms with Gasteiger partial charge in [0.25, 0.3) is 5.91 Å². The third kappa shape index (κ3) is 3.66. The van der Waals surface area contributed by atoms with Gasteiger partial charge in [0.05, 0.1) is 5.52 Å². The molecule has 5 aromatic rings. The van der Waals surface area contributed by atoms with Crippen LogP contribution in [-0.4, -0.2) is 25.1 Å². The van der Waals surface area contributed by atoms with E-state index in [0.717, 1.165) is 23.2 Å². The van der Waals surface area contributed by atoms with Crippen LogP contribution in [0.4, 0.5) is 5.82 Å². The van der Waals surface area contributed by atoms with Crippen LogP contribution in [0.15, 0.2) is 73.1 Å². The predicted molar refractivity (Wildman–Crippen MR) is 127 cm³/mol. The zero-order chi connectivity index (χ0) is 22.7. The number of fused-ring (bicyclic) bond motifs is 2. The summed E-state index contributed by atoms with van der Waals surface area (Å²) >= 11 is 0. The van der Waals surface area contributed by atoms with Crippen molar-refractivity contribution >= 4 is 28.3 Å². The van der Waals surface area contributed by atoms with Crippen LogP contribution >= 0.6 is 0 Å². The van der Waals surface area contributed by atoms with Gasteiger partial charge in [-0.3, -0.25) is 4.79 Å². The van der Waals surface area contributed by atoms with Crippen molar-refractivity contribution in [1.82, 2.24) is 19.2 Å². The quantitative estimate of drug-likeness (QED) is 0.434. The normalized spacial score (nSPS) is 10.5. The molecule has 0 fully saturated rings. The summed E-state index contributed by atoms with van der Waals surface area (Å²) in [7, 11) is 0. The van der Waals surface area contributed by atoms with Gasteiger partial charge in [-0.1, -0.05) is 43.2 Å². The minimum absolute atomic E-state index is 0.103. The number of nitrogens with zero attached hydrogens (tertiary/aromatic N) is 4. The number of aromatic nitrogens is 4. The first-order valence-electron chi connectivity index (χ1n) is 10.1. The Morgan fingerprint density at radius 2 is 1.91 bits per heavy atom. The lowest BCUT2D eigenvalue weighted by Gasteiger charge is -2.10. The molecular formula is C25H22N6O. The Hall–Kier alpha value is -4.57. The van der Waals surface area contributed by atoms with Crippen LogP contribution in [0.3, 0.4) is 0 Å². The van der Waals surface area contributed by atoms with Gasteiger partial charge in [-0.25, -0.2) is 9.50 Å². The molecule has 32 heavy (non-hydrogen) atoms. The molecule has 0 bridgehead atoms. The Balaban J connectivity index is 0.000000165. The molecule has 158 valence electrons. The number of aryl methyl sites for hydroxylation is 1. The van der Waals surface area contributed by atoms with E-state index < -0.39 is 5.91 Å². The van der Waals surface area contributed by atoms with Crippen molar-refractivity contribution in [3.05, 3.63) is 89.9 Å². The van der Waals surface area contributed by atoms with Crippen LogP contribution in [0.5, 0.6) is 0 Å². The number of amides is 1. The minimum atomic E-state index is -0.619. The van der Waals surface area contributed by atoms with Crippen molar-refractivity contribution in [2.24, 2.45) is 5.73 Å². The fourth-order valence-electron chi connectivity index (χ4n) is 3.70. The Morgan fingerprint density at radius 1 is 1.12 bits per heavy atom. The fraction of sp³-hybridized carbons (Fsp3) is 0.0800. The first kappa shape index (κ1) is 20.7. The molecule has 0 saturated carbocycles. The van der Waals surface area contributed by atoms with Crippen LogP contribution in [0.2, 0.25) is 0 Å². The van der Waals surface area contributed by atoms with E-state index >= 15 is 0 Å². The summed E-state index contributed by atoms with van der Waals surface area (Å²) < 4.78 is 3.68. The summed E-state index contributed by atoms with van der Waals surface area (Å²) in [5.74, 6) is 2.28. The van der Waals surface area contributed by atoms with Gasteiger partial charge in [0, 0.05) is 34.7 Å². The highest BCUT2D eigenvalue weighted by atomic mass is 16.1. The molecule has 0 unspecified atom stereocenters. The molecule has 0 radical (unpaired) electrons. The van der Waals surface area contributed by atoms with Gasteiger partial charge in [0.2, 0.25) is 0 Å². The van der Waals surface area contributed by atoms with Crippen LogP contribution in [0.25, 0.3) is 22.2 Å². The van der Waals surface area contributed by atoms with Gasteiger partial charge >= 0.3 is 0 Å². The zero-order valence-corrected chi connectivity index (χ0v) is 17.6. The third-order valence-electron chi connectivity index (χ3n) is 5.10. The van der Waals surface area contributed by atoms with E-state index in [1.165, 1.54) is 15.6 Å². The van der Waals surface area contributed by atoms with E-state index in [1.54, 1.807) is 18.5 Å². The lowest BCUT2D eigenvalue weighted by Crippen LogP contribution is -2.12. The predicted octanol–water partition coefficient (Wildman–Crippen LogP) is 3.58. The number of hydrogen-bond acceptors (Lipinski definition) is 4. The van der Waals surface area contributed by atoms with Gasteiger partial charge in [-0.05, 0) is 36.8 Å². The molecule has 7 heteroatoms. The first-order chi connectivity index (χ1) is 15.5. The standard InChI is InChI=1S/C18H15N.C7H7N5O/c1-3-14-9-8-10-15-13-16(4-2)19(18(14)15)17-11-6-5-7-12-17;8-5-4(6(9)13)7-10-2-1-3-12(7)11-5/h1,5-13H,4H2,2H3;1-3H,(H2,8,11)(H2,9,13). The number of terminal acetylenes is 1. The van der Waals surface area contributed by atoms with Gasteiger partial charge in [0.15, 0.2) is 11.5 Å². The molecule has 5 rings (SSSR count). The largest absolute Gasteiger partial charge is 0.381 e. The molecule has 7 nitrogen and oxygen atoms in total. The van der Waals surface area contributed by atoms with Gasteiger partial charge in [-0.2, -0.15) is 0 Å². The second kappa shape index (κ2) is 8.66. The molecule has 2 aromatic carbocycles. The first-order valence-corrected chi connectivity index (χ1v) is 10.1. The number of benzene rings is 2. The molecule has 0 spiro atoms. The molecule has 3 heterocycles. The Kier molecular flexibility index (Phi) is 5.60. The second-order valence-corrected chi connectivity index (χ2v) is 7.06. The van der Waals surface area contributed by atoms with Crippen LogP contribution in [0, 0.1) is 12.3 Å². The fourth-order valence-corrected chi connectivity index (χ4v) is 3.70. The highest BCUT2D eigenvalue weighted by Gasteiger charge is 2.15. The molecule has 0 aliphatic rings. The number of hydrogen-bond donors (Lipinski definition) is 2. The zero-order valence-electron chi connectivity index (χ0n) is 17.6. The average molecular weight is 422 g/mol. The Labute approximate surface area is 185 Å². The van der Waals surface area contributed by atoms with Gasteiger partial charge < -0.3 is 16.0 Å². The number of carbonyl (C=O) groups excluding carboxylic acids is 1. The van der Waals surface area contributed by atoms with Crippen molar-refractivity contribution in [3.63, 3.8) is 0 Å². The van der Waals surface area contributed by atoms with E-state index in [-0.39, 0.29) is 11.4 Å².